The number of halogens is 3. The smallest absolute Gasteiger partial charge is 0.332 e. The summed E-state index contributed by atoms with van der Waals surface area (Å²) in [4.78, 5) is 1.57. The van der Waals surface area contributed by atoms with E-state index in [2.05, 4.69) is 21.2 Å². The van der Waals surface area contributed by atoms with Gasteiger partial charge in [0.15, 0.2) is 9.84 Å². The fourth-order valence-electron chi connectivity index (χ4n) is 3.07. The molecule has 0 bridgehead atoms. The molecule has 1 fully saturated rings. The van der Waals surface area contributed by atoms with Gasteiger partial charge in [0.25, 0.3) is 0 Å². The molecule has 1 aliphatic heterocycles. The second-order valence-corrected chi connectivity index (χ2v) is 11.3. The van der Waals surface area contributed by atoms with Crippen LogP contribution in [-0.2, 0) is 9.84 Å². The number of rotatable bonds is 3. The molecule has 1 N–H and O–H groups in total. The molecular weight excluding hydrogens is 511 g/mol. The molecule has 1 unspecified atom stereocenters. The minimum Gasteiger partial charge on any atom is -0.379 e. The maximum absolute atomic E-state index is 13.5. The summed E-state index contributed by atoms with van der Waals surface area (Å²) in [6.07, 6.45) is 0. The Hall–Kier alpha value is -1.20. The van der Waals surface area contributed by atoms with E-state index < -0.39 is 14.4 Å². The van der Waals surface area contributed by atoms with E-state index in [1.165, 1.54) is 22.6 Å². The molecule has 1 aromatic heterocycles. The van der Waals surface area contributed by atoms with Crippen molar-refractivity contribution in [1.82, 2.24) is 5.27 Å². The number of hydrogen-bond donors (Lipinski definition) is 1. The van der Waals surface area contributed by atoms with Crippen LogP contribution >= 0.6 is 50.9 Å². The molecule has 2 aromatic carbocycles. The predicted molar refractivity (Wildman–Crippen MR) is 111 cm³/mol. The zero-order valence-electron chi connectivity index (χ0n) is 14.1. The van der Waals surface area contributed by atoms with Crippen LogP contribution in [0.15, 0.2) is 44.4 Å². The normalized spacial score (nSPS) is 18.0. The minimum absolute atomic E-state index is 0.129. The van der Waals surface area contributed by atoms with E-state index in [0.29, 0.717) is 37.7 Å². The molecule has 148 valence electrons. The number of thioether (sulfide) groups is 1. The molecule has 0 amide bonds. The zero-order chi connectivity index (χ0) is 20.1. The Morgan fingerprint density at radius 1 is 1.29 bits per heavy atom. The number of nitrogens with one attached hydrogen (secondary N) is 1. The van der Waals surface area contributed by atoms with Crippen molar-refractivity contribution in [2.45, 2.75) is 9.48 Å². The highest BCUT2D eigenvalue weighted by Gasteiger charge is 2.35. The molecule has 1 saturated heterocycles. The highest BCUT2D eigenvalue weighted by atomic mass is 79.9. The molecule has 28 heavy (non-hydrogen) atoms. The summed E-state index contributed by atoms with van der Waals surface area (Å²) >= 11 is 17.1. The van der Waals surface area contributed by atoms with Crippen LogP contribution in [0.2, 0.25) is 10.0 Å². The van der Waals surface area contributed by atoms with Gasteiger partial charge in [0.1, 0.15) is 4.58 Å². The van der Waals surface area contributed by atoms with Crippen LogP contribution in [0.3, 0.4) is 0 Å². The molecule has 1 aliphatic rings. The van der Waals surface area contributed by atoms with Crippen molar-refractivity contribution in [2.75, 3.05) is 23.9 Å². The SMILES string of the molecule is N=c1o[n-][n+](N2CCSC(S(=O)(=O)c3ccc(Cl)c4c(Cl)cccc34)C2)c1Br. The van der Waals surface area contributed by atoms with Gasteiger partial charge >= 0.3 is 10.2 Å². The molecule has 2 heterocycles. The summed E-state index contributed by atoms with van der Waals surface area (Å²) < 4.78 is 31.4. The molecule has 0 aliphatic carbocycles. The maximum Gasteiger partial charge on any atom is 0.332 e. The number of fused-ring (bicyclic) bond motifs is 1. The summed E-state index contributed by atoms with van der Waals surface area (Å²) in [5, 5.41) is 15.0. The lowest BCUT2D eigenvalue weighted by atomic mass is 10.1. The monoisotopic (exact) mass is 522 g/mol. The summed E-state index contributed by atoms with van der Waals surface area (Å²) in [6.45, 7) is 0.756. The molecule has 4 rings (SSSR count). The fraction of sp³-hybridized carbons (Fsp3) is 0.250. The van der Waals surface area contributed by atoms with Gasteiger partial charge in [-0.15, -0.1) is 11.8 Å². The van der Waals surface area contributed by atoms with E-state index in [4.69, 9.17) is 33.1 Å². The summed E-state index contributed by atoms with van der Waals surface area (Å²) in [5.41, 5.74) is -0.129. The number of aromatic nitrogens is 2. The third-order valence-corrected chi connectivity index (χ3v) is 9.63. The van der Waals surface area contributed by atoms with Crippen molar-refractivity contribution in [1.29, 1.82) is 5.41 Å². The van der Waals surface area contributed by atoms with Crippen molar-refractivity contribution < 1.29 is 17.7 Å². The molecule has 0 spiro atoms. The van der Waals surface area contributed by atoms with Gasteiger partial charge in [-0.05, 0) is 29.2 Å². The van der Waals surface area contributed by atoms with Crippen LogP contribution in [0.25, 0.3) is 10.8 Å². The molecule has 3 aromatic rings. The number of benzene rings is 2. The Morgan fingerprint density at radius 2 is 2.04 bits per heavy atom. The van der Waals surface area contributed by atoms with Gasteiger partial charge in [-0.25, -0.2) is 8.42 Å². The molecule has 1 atom stereocenters. The van der Waals surface area contributed by atoms with Crippen LogP contribution in [0.5, 0.6) is 0 Å². The van der Waals surface area contributed by atoms with Crippen molar-refractivity contribution in [3.63, 3.8) is 0 Å². The standard InChI is InChI=1S/C16H13BrCl2N4O3S2/c17-15-16(20)26-21-23(15)22-6-7-27-13(8-22)28(24,25)12-5-4-11(19)14-9(12)2-1-3-10(14)18/h1-5,13,20H,6-8H2. The molecule has 0 radical (unpaired) electrons. The minimum atomic E-state index is -3.70. The maximum atomic E-state index is 13.5. The van der Waals surface area contributed by atoms with Crippen molar-refractivity contribution >= 4 is 71.5 Å². The molecular formula is C16H13BrCl2N4O3S2. The lowest BCUT2D eigenvalue weighted by molar-refractivity contribution is -0.772. The van der Waals surface area contributed by atoms with Crippen LogP contribution in [0, 0.1) is 5.41 Å². The van der Waals surface area contributed by atoms with Gasteiger partial charge in [-0.1, -0.05) is 40.1 Å². The highest BCUT2D eigenvalue weighted by Crippen LogP contribution is 2.37. The lowest BCUT2D eigenvalue weighted by Crippen LogP contribution is -2.66. The predicted octanol–water partition coefficient (Wildman–Crippen LogP) is 2.71. The lowest BCUT2D eigenvalue weighted by Gasteiger charge is -2.32. The average Bonchev–Trinajstić information content (AvgIpc) is 3.01. The van der Waals surface area contributed by atoms with Crippen LogP contribution in [-0.4, -0.2) is 31.8 Å². The van der Waals surface area contributed by atoms with Gasteiger partial charge in [0, 0.05) is 49.8 Å². The fourth-order valence-corrected chi connectivity index (χ4v) is 7.58. The Kier molecular flexibility index (Phi) is 5.43. The average molecular weight is 524 g/mol. The van der Waals surface area contributed by atoms with Gasteiger partial charge in [0.2, 0.25) is 0 Å². The summed E-state index contributed by atoms with van der Waals surface area (Å²) in [6, 6.07) is 8.18. The van der Waals surface area contributed by atoms with E-state index in [1.807, 2.05) is 0 Å². The highest BCUT2D eigenvalue weighted by molar-refractivity contribution is 9.10. The van der Waals surface area contributed by atoms with E-state index >= 15 is 0 Å². The van der Waals surface area contributed by atoms with Crippen LogP contribution in [0.1, 0.15) is 0 Å². The van der Waals surface area contributed by atoms with Gasteiger partial charge < -0.3 is 4.52 Å². The second kappa shape index (κ2) is 7.56. The van der Waals surface area contributed by atoms with Gasteiger partial charge in [-0.2, -0.15) is 0 Å². The van der Waals surface area contributed by atoms with Crippen molar-refractivity contribution in [3.8, 4) is 0 Å². The molecule has 7 nitrogen and oxygen atoms in total. The Bertz CT molecular complexity index is 1220. The van der Waals surface area contributed by atoms with Crippen LogP contribution in [0.4, 0.5) is 0 Å². The summed E-state index contributed by atoms with van der Waals surface area (Å²) in [5.74, 6) is 0.579. The van der Waals surface area contributed by atoms with Crippen molar-refractivity contribution in [2.24, 2.45) is 0 Å². The van der Waals surface area contributed by atoms with Gasteiger partial charge in [-0.3, -0.25) is 10.4 Å². The van der Waals surface area contributed by atoms with E-state index in [9.17, 15) is 8.42 Å². The molecule has 0 saturated carbocycles. The van der Waals surface area contributed by atoms with Crippen LogP contribution < -0.4 is 20.6 Å². The first-order valence-corrected chi connectivity index (χ1v) is 12.2. The Morgan fingerprint density at radius 3 is 2.75 bits per heavy atom. The van der Waals surface area contributed by atoms with E-state index in [-0.39, 0.29) is 17.0 Å². The number of nitrogens with zero attached hydrogens (tertiary/aromatic N) is 3. The Labute approximate surface area is 183 Å². The summed E-state index contributed by atoms with van der Waals surface area (Å²) in [7, 11) is -3.70. The number of hydrogen-bond acceptors (Lipinski definition) is 6. The first-order chi connectivity index (χ1) is 13.3. The van der Waals surface area contributed by atoms with E-state index in [1.54, 1.807) is 29.3 Å². The largest absolute Gasteiger partial charge is 0.379 e. The third kappa shape index (κ3) is 3.35. The second-order valence-electron chi connectivity index (χ2n) is 6.05. The zero-order valence-corrected chi connectivity index (χ0v) is 18.8. The van der Waals surface area contributed by atoms with Gasteiger partial charge in [0.05, 0.1) is 4.90 Å². The molecule has 12 heteroatoms. The van der Waals surface area contributed by atoms with E-state index in [0.717, 1.165) is 0 Å². The van der Waals surface area contributed by atoms with Crippen molar-refractivity contribution in [3.05, 3.63) is 50.5 Å². The third-order valence-electron chi connectivity index (χ3n) is 4.40. The first-order valence-electron chi connectivity index (χ1n) is 8.07. The first kappa shape index (κ1) is 20.1. The Balaban J connectivity index is 1.76. The number of sulfone groups is 1. The quantitative estimate of drug-likeness (QED) is 0.530. The topological polar surface area (TPSA) is 92.3 Å².